The van der Waals surface area contributed by atoms with Crippen LogP contribution in [0.25, 0.3) is 0 Å². The highest BCUT2D eigenvalue weighted by atomic mass is 32.1. The van der Waals surface area contributed by atoms with E-state index in [4.69, 9.17) is 4.43 Å². The average molecular weight is 753 g/mol. The predicted octanol–water partition coefficient (Wildman–Crippen LogP) is 8.12. The van der Waals surface area contributed by atoms with Gasteiger partial charge in [-0.2, -0.15) is 25.3 Å². The lowest BCUT2D eigenvalue weighted by molar-refractivity contribution is -0.127. The van der Waals surface area contributed by atoms with Gasteiger partial charge in [0.1, 0.15) is 5.82 Å². The normalized spacial score (nSPS) is 15.2. The number of nitrogens with one attached hydrogen (secondary N) is 2. The summed E-state index contributed by atoms with van der Waals surface area (Å²) in [5.41, 5.74) is 2.06. The zero-order valence-corrected chi connectivity index (χ0v) is 35.1. The molecule has 8 nitrogen and oxygen atoms in total. The molecule has 2 amide bonds. The van der Waals surface area contributed by atoms with Crippen LogP contribution in [0.1, 0.15) is 96.5 Å². The molecule has 0 aliphatic heterocycles. The SMILES string of the molecule is CC(C)C(NC(=O)C(Cc1ccccc1)CC(O[Si](C)(C)C(C)(C)C)C(Cc1ccccc1)NC(=O)C(C)(C)S)c1nccn1C(=O)C(C)(C)S. The minimum atomic E-state index is -2.43. The van der Waals surface area contributed by atoms with Crippen molar-refractivity contribution in [2.75, 3.05) is 0 Å². The Labute approximate surface area is 318 Å². The van der Waals surface area contributed by atoms with Gasteiger partial charge in [-0.05, 0) is 82.1 Å². The Balaban J connectivity index is 2.13. The fraction of sp³-hybridized carbons (Fsp3) is 0.550. The molecule has 0 saturated carbocycles. The number of aromatic nitrogens is 2. The lowest BCUT2D eigenvalue weighted by Gasteiger charge is -2.43. The summed E-state index contributed by atoms with van der Waals surface area (Å²) in [6.07, 6.45) is 4.02. The molecule has 4 unspecified atom stereocenters. The van der Waals surface area contributed by atoms with Gasteiger partial charge in [0.15, 0.2) is 8.32 Å². The molecule has 0 saturated heterocycles. The Hall–Kier alpha value is -2.86. The Morgan fingerprint density at radius 3 is 1.82 bits per heavy atom. The molecule has 3 aromatic rings. The monoisotopic (exact) mass is 752 g/mol. The lowest BCUT2D eigenvalue weighted by atomic mass is 9.88. The zero-order valence-electron chi connectivity index (χ0n) is 32.4. The Kier molecular flexibility index (Phi) is 14.4. The summed E-state index contributed by atoms with van der Waals surface area (Å²) in [7, 11) is -2.43. The fourth-order valence-corrected chi connectivity index (χ4v) is 7.16. The van der Waals surface area contributed by atoms with Gasteiger partial charge >= 0.3 is 0 Å². The van der Waals surface area contributed by atoms with Crippen LogP contribution < -0.4 is 10.6 Å². The zero-order chi connectivity index (χ0) is 38.4. The molecule has 51 heavy (non-hydrogen) atoms. The maximum atomic E-state index is 14.7. The highest BCUT2D eigenvalue weighted by Crippen LogP contribution is 2.39. The van der Waals surface area contributed by atoms with E-state index in [0.717, 1.165) is 11.1 Å². The highest BCUT2D eigenvalue weighted by molar-refractivity contribution is 7.82. The first-order chi connectivity index (χ1) is 23.5. The second-order valence-corrected chi connectivity index (χ2v) is 23.6. The molecule has 0 fully saturated rings. The van der Waals surface area contributed by atoms with Gasteiger partial charge in [0.2, 0.25) is 17.7 Å². The Bertz CT molecular complexity index is 1590. The first-order valence-corrected chi connectivity index (χ1v) is 21.7. The molecule has 11 heteroatoms. The summed E-state index contributed by atoms with van der Waals surface area (Å²) in [6, 6.07) is 19.0. The summed E-state index contributed by atoms with van der Waals surface area (Å²) in [5, 5.41) is 6.46. The molecule has 280 valence electrons. The third-order valence-corrected chi connectivity index (χ3v) is 14.6. The summed E-state index contributed by atoms with van der Waals surface area (Å²) < 4.78 is 6.86. The van der Waals surface area contributed by atoms with Gasteiger partial charge in [-0.3, -0.25) is 19.0 Å². The van der Waals surface area contributed by atoms with Crippen LogP contribution >= 0.6 is 25.3 Å². The van der Waals surface area contributed by atoms with Crippen molar-refractivity contribution < 1.29 is 18.8 Å². The summed E-state index contributed by atoms with van der Waals surface area (Å²) in [5.74, 6) is -0.763. The van der Waals surface area contributed by atoms with E-state index in [0.29, 0.717) is 25.1 Å². The molecule has 0 aliphatic carbocycles. The molecule has 1 aromatic heterocycles. The van der Waals surface area contributed by atoms with E-state index in [1.807, 2.05) is 74.5 Å². The van der Waals surface area contributed by atoms with Crippen molar-refractivity contribution in [2.24, 2.45) is 11.8 Å². The third-order valence-electron chi connectivity index (χ3n) is 9.74. The summed E-state index contributed by atoms with van der Waals surface area (Å²) in [4.78, 5) is 46.2. The van der Waals surface area contributed by atoms with Crippen LogP contribution in [0.5, 0.6) is 0 Å². The van der Waals surface area contributed by atoms with E-state index in [2.05, 4.69) is 74.7 Å². The van der Waals surface area contributed by atoms with Gasteiger partial charge in [-0.1, -0.05) is 95.3 Å². The van der Waals surface area contributed by atoms with Crippen molar-refractivity contribution in [2.45, 2.75) is 127 Å². The molecule has 2 aromatic carbocycles. The number of carbonyl (C=O) groups excluding carboxylic acids is 3. The van der Waals surface area contributed by atoms with Crippen molar-refractivity contribution in [1.82, 2.24) is 20.2 Å². The highest BCUT2D eigenvalue weighted by Gasteiger charge is 2.43. The minimum Gasteiger partial charge on any atom is -0.412 e. The average Bonchev–Trinajstić information content (AvgIpc) is 3.50. The number of benzene rings is 2. The first-order valence-electron chi connectivity index (χ1n) is 17.9. The molecule has 3 rings (SSSR count). The van der Waals surface area contributed by atoms with Crippen LogP contribution in [0.4, 0.5) is 0 Å². The molecule has 2 N–H and O–H groups in total. The van der Waals surface area contributed by atoms with Crippen molar-refractivity contribution in [3.05, 3.63) is 90.0 Å². The molecule has 0 spiro atoms. The van der Waals surface area contributed by atoms with Crippen LogP contribution in [0, 0.1) is 11.8 Å². The van der Waals surface area contributed by atoms with E-state index >= 15 is 0 Å². The number of rotatable bonds is 16. The smallest absolute Gasteiger partial charge is 0.247 e. The van der Waals surface area contributed by atoms with Crippen LogP contribution in [0.3, 0.4) is 0 Å². The molecular weight excluding hydrogens is 693 g/mol. The second-order valence-electron chi connectivity index (χ2n) is 16.6. The van der Waals surface area contributed by atoms with Gasteiger partial charge in [0.25, 0.3) is 0 Å². The van der Waals surface area contributed by atoms with Gasteiger partial charge in [-0.25, -0.2) is 4.98 Å². The fourth-order valence-electron chi connectivity index (χ4n) is 5.61. The number of hydrogen-bond donors (Lipinski definition) is 4. The van der Waals surface area contributed by atoms with Crippen molar-refractivity contribution >= 4 is 51.3 Å². The quantitative estimate of drug-likeness (QED) is 0.0875. The van der Waals surface area contributed by atoms with Gasteiger partial charge in [0, 0.05) is 18.3 Å². The first kappa shape index (κ1) is 42.5. The maximum Gasteiger partial charge on any atom is 0.247 e. The van der Waals surface area contributed by atoms with Crippen LogP contribution in [-0.4, -0.2) is 57.2 Å². The predicted molar refractivity (Wildman–Crippen MR) is 217 cm³/mol. The van der Waals surface area contributed by atoms with E-state index in [1.165, 1.54) is 4.57 Å². The molecular formula is C40H60N4O4S2Si. The Morgan fingerprint density at radius 2 is 1.35 bits per heavy atom. The van der Waals surface area contributed by atoms with Crippen LogP contribution in [-0.2, 0) is 26.9 Å². The van der Waals surface area contributed by atoms with E-state index in [1.54, 1.807) is 40.1 Å². The van der Waals surface area contributed by atoms with Gasteiger partial charge < -0.3 is 15.1 Å². The topological polar surface area (TPSA) is 102 Å². The summed E-state index contributed by atoms with van der Waals surface area (Å²) >= 11 is 9.12. The van der Waals surface area contributed by atoms with Gasteiger partial charge in [0.05, 0.1) is 27.7 Å². The van der Waals surface area contributed by atoms with Crippen molar-refractivity contribution in [3.63, 3.8) is 0 Å². The lowest BCUT2D eigenvalue weighted by Crippen LogP contribution is -2.56. The maximum absolute atomic E-state index is 14.7. The minimum absolute atomic E-state index is 0.0784. The van der Waals surface area contributed by atoms with Crippen molar-refractivity contribution in [3.8, 4) is 0 Å². The number of amides is 2. The molecule has 4 atom stereocenters. The number of carbonyl (C=O) groups is 3. The second kappa shape index (κ2) is 17.3. The molecule has 0 bridgehead atoms. The Morgan fingerprint density at radius 1 is 0.824 bits per heavy atom. The number of thiol groups is 2. The van der Waals surface area contributed by atoms with E-state index in [9.17, 15) is 14.4 Å². The summed E-state index contributed by atoms with van der Waals surface area (Å²) in [6.45, 7) is 22.0. The van der Waals surface area contributed by atoms with Crippen molar-refractivity contribution in [1.29, 1.82) is 0 Å². The van der Waals surface area contributed by atoms with E-state index < -0.39 is 41.9 Å². The number of imidazole rings is 1. The molecule has 1 heterocycles. The van der Waals surface area contributed by atoms with Crippen LogP contribution in [0.2, 0.25) is 18.1 Å². The number of nitrogens with zero attached hydrogens (tertiary/aromatic N) is 2. The van der Waals surface area contributed by atoms with Gasteiger partial charge in [-0.15, -0.1) is 0 Å². The third kappa shape index (κ3) is 12.1. The van der Waals surface area contributed by atoms with E-state index in [-0.39, 0.29) is 28.7 Å². The molecule has 0 radical (unpaired) electrons. The molecule has 0 aliphatic rings. The largest absolute Gasteiger partial charge is 0.412 e. The standard InChI is InChI=1S/C40H60N4O4S2Si/c1-27(2)33(34-41-22-23-44(34)37(47)40(8,9)50)43-35(45)30(24-28-18-14-12-15-19-28)26-32(48-51(10,11)38(3,4)5)31(42-36(46)39(6,7)49)25-29-20-16-13-17-21-29/h12-23,27,30-33,49-50H,24-26H2,1-11H3,(H,42,46)(H,43,45). The van der Waals surface area contributed by atoms with Crippen LogP contribution in [0.15, 0.2) is 73.1 Å². The number of hydrogen-bond acceptors (Lipinski definition) is 7.